The molecule has 0 radical (unpaired) electrons. The highest BCUT2D eigenvalue weighted by Crippen LogP contribution is 2.29. The summed E-state index contributed by atoms with van der Waals surface area (Å²) < 4.78 is 33.1. The molecule has 1 atom stereocenters. The molecule has 192 valence electrons. The van der Waals surface area contributed by atoms with E-state index in [9.17, 15) is 8.42 Å². The molecule has 0 unspecified atom stereocenters. The van der Waals surface area contributed by atoms with Crippen LogP contribution in [0, 0.1) is 6.92 Å². The van der Waals surface area contributed by atoms with Crippen LogP contribution in [0.4, 0.5) is 11.5 Å². The third-order valence-electron chi connectivity index (χ3n) is 6.83. The van der Waals surface area contributed by atoms with E-state index in [1.54, 1.807) is 23.5 Å². The topological polar surface area (TPSA) is 87.7 Å². The highest BCUT2D eigenvalue weighted by atomic mass is 32.2. The zero-order chi connectivity index (χ0) is 26.0. The zero-order valence-corrected chi connectivity index (χ0v) is 22.1. The minimum absolute atomic E-state index is 0.0785. The second kappa shape index (κ2) is 10.5. The fourth-order valence-electron chi connectivity index (χ4n) is 4.54. The molecule has 1 aliphatic rings. The number of hydrogen-bond acceptors (Lipinski definition) is 7. The molecule has 3 aromatic carbocycles. The number of ether oxygens (including phenoxy) is 1. The SMILES string of the molecule is COc1ccc(Nc2nc([C@H](C)N3CCN(S(=O)(=O)c4ccc(C)cc4)CC3)nc3ccccc23)cc1. The van der Waals surface area contributed by atoms with Crippen molar-refractivity contribution in [3.8, 4) is 5.75 Å². The molecule has 2 heterocycles. The molecule has 0 aliphatic carbocycles. The van der Waals surface area contributed by atoms with Crippen LogP contribution >= 0.6 is 0 Å². The number of rotatable bonds is 7. The molecule has 4 aromatic rings. The first-order valence-corrected chi connectivity index (χ1v) is 13.8. The van der Waals surface area contributed by atoms with E-state index in [-0.39, 0.29) is 6.04 Å². The van der Waals surface area contributed by atoms with Gasteiger partial charge >= 0.3 is 0 Å². The molecule has 1 aromatic heterocycles. The monoisotopic (exact) mass is 517 g/mol. The van der Waals surface area contributed by atoms with Crippen molar-refractivity contribution in [2.45, 2.75) is 24.8 Å². The summed E-state index contributed by atoms with van der Waals surface area (Å²) in [5.41, 5.74) is 2.79. The minimum atomic E-state index is -3.51. The van der Waals surface area contributed by atoms with E-state index in [1.165, 1.54) is 0 Å². The molecular weight excluding hydrogens is 486 g/mol. The lowest BCUT2D eigenvalue weighted by Gasteiger charge is -2.36. The molecule has 9 heteroatoms. The molecular formula is C28H31N5O3S. The van der Waals surface area contributed by atoms with Crippen molar-refractivity contribution >= 4 is 32.4 Å². The molecule has 0 saturated carbocycles. The van der Waals surface area contributed by atoms with E-state index in [0.29, 0.717) is 36.9 Å². The van der Waals surface area contributed by atoms with Crippen LogP contribution in [0.25, 0.3) is 10.9 Å². The van der Waals surface area contributed by atoms with Gasteiger partial charge in [0.05, 0.1) is 23.6 Å². The molecule has 1 fully saturated rings. The number of piperazine rings is 1. The second-order valence-electron chi connectivity index (χ2n) is 9.23. The van der Waals surface area contributed by atoms with Crippen molar-refractivity contribution < 1.29 is 13.2 Å². The maximum Gasteiger partial charge on any atom is 0.243 e. The summed E-state index contributed by atoms with van der Waals surface area (Å²) >= 11 is 0. The van der Waals surface area contributed by atoms with Gasteiger partial charge in [0.25, 0.3) is 0 Å². The number of benzene rings is 3. The molecule has 5 rings (SSSR count). The van der Waals surface area contributed by atoms with Gasteiger partial charge in [0.15, 0.2) is 0 Å². The Kier molecular flexibility index (Phi) is 7.10. The van der Waals surface area contributed by atoms with Crippen molar-refractivity contribution in [2.75, 3.05) is 38.6 Å². The predicted molar refractivity (Wildman–Crippen MR) is 146 cm³/mol. The Labute approximate surface area is 218 Å². The number of nitrogens with one attached hydrogen (secondary N) is 1. The van der Waals surface area contributed by atoms with Gasteiger partial charge in [-0.1, -0.05) is 29.8 Å². The second-order valence-corrected chi connectivity index (χ2v) is 11.2. The Morgan fingerprint density at radius 3 is 2.24 bits per heavy atom. The van der Waals surface area contributed by atoms with Crippen LogP contribution in [0.15, 0.2) is 77.7 Å². The first-order valence-electron chi connectivity index (χ1n) is 12.3. The summed E-state index contributed by atoms with van der Waals surface area (Å²) in [6, 6.07) is 22.6. The Morgan fingerprint density at radius 1 is 0.892 bits per heavy atom. The minimum Gasteiger partial charge on any atom is -0.497 e. The Bertz CT molecular complexity index is 1480. The smallest absolute Gasteiger partial charge is 0.243 e. The Morgan fingerprint density at radius 2 is 1.57 bits per heavy atom. The number of sulfonamides is 1. The van der Waals surface area contributed by atoms with Crippen LogP contribution in [0.1, 0.15) is 24.4 Å². The highest BCUT2D eigenvalue weighted by Gasteiger charge is 2.31. The molecule has 0 bridgehead atoms. The van der Waals surface area contributed by atoms with Crippen LogP contribution < -0.4 is 10.1 Å². The van der Waals surface area contributed by atoms with Crippen LogP contribution in [0.3, 0.4) is 0 Å². The summed E-state index contributed by atoms with van der Waals surface area (Å²) in [7, 11) is -1.87. The summed E-state index contributed by atoms with van der Waals surface area (Å²) in [6.45, 7) is 6.07. The number of fused-ring (bicyclic) bond motifs is 1. The Balaban J connectivity index is 1.35. The first kappa shape index (κ1) is 25.1. The maximum absolute atomic E-state index is 13.1. The van der Waals surface area contributed by atoms with Gasteiger partial charge in [0.1, 0.15) is 17.4 Å². The normalized spacial score (nSPS) is 16.0. The van der Waals surface area contributed by atoms with Crippen molar-refractivity contribution in [3.63, 3.8) is 0 Å². The summed E-state index contributed by atoms with van der Waals surface area (Å²) in [5.74, 6) is 2.22. The first-order chi connectivity index (χ1) is 17.8. The third-order valence-corrected chi connectivity index (χ3v) is 8.74. The van der Waals surface area contributed by atoms with Gasteiger partial charge in [-0.25, -0.2) is 18.4 Å². The van der Waals surface area contributed by atoms with E-state index >= 15 is 0 Å². The number of aromatic nitrogens is 2. The van der Waals surface area contributed by atoms with E-state index in [0.717, 1.165) is 33.7 Å². The fraction of sp³-hybridized carbons (Fsp3) is 0.286. The summed E-state index contributed by atoms with van der Waals surface area (Å²) in [4.78, 5) is 12.3. The molecule has 37 heavy (non-hydrogen) atoms. The molecule has 1 saturated heterocycles. The van der Waals surface area contributed by atoms with Gasteiger partial charge in [-0.05, 0) is 62.4 Å². The lowest BCUT2D eigenvalue weighted by molar-refractivity contribution is 0.141. The van der Waals surface area contributed by atoms with E-state index in [1.807, 2.05) is 67.6 Å². The van der Waals surface area contributed by atoms with Crippen LogP contribution in [-0.2, 0) is 10.0 Å². The lowest BCUT2D eigenvalue weighted by Crippen LogP contribution is -2.49. The number of methoxy groups -OCH3 is 1. The molecule has 8 nitrogen and oxygen atoms in total. The number of para-hydroxylation sites is 1. The summed E-state index contributed by atoms with van der Waals surface area (Å²) in [6.07, 6.45) is 0. The predicted octanol–water partition coefficient (Wildman–Crippen LogP) is 4.76. The quantitative estimate of drug-likeness (QED) is 0.378. The van der Waals surface area contributed by atoms with Crippen LogP contribution in [0.5, 0.6) is 5.75 Å². The highest BCUT2D eigenvalue weighted by molar-refractivity contribution is 7.89. The van der Waals surface area contributed by atoms with E-state index < -0.39 is 10.0 Å². The Hall–Kier alpha value is -3.53. The number of aryl methyl sites for hydroxylation is 1. The average molecular weight is 518 g/mol. The molecule has 0 spiro atoms. The largest absolute Gasteiger partial charge is 0.497 e. The van der Waals surface area contributed by atoms with Crippen molar-refractivity contribution in [3.05, 3.63) is 84.2 Å². The lowest BCUT2D eigenvalue weighted by atomic mass is 10.2. The third kappa shape index (κ3) is 5.29. The van der Waals surface area contributed by atoms with Gasteiger partial charge < -0.3 is 10.1 Å². The van der Waals surface area contributed by atoms with Gasteiger partial charge in [-0.3, -0.25) is 4.90 Å². The number of anilines is 2. The fourth-order valence-corrected chi connectivity index (χ4v) is 5.96. The molecule has 1 N–H and O–H groups in total. The molecule has 0 amide bonds. The van der Waals surface area contributed by atoms with Crippen LogP contribution in [-0.4, -0.2) is 60.9 Å². The standard InChI is InChI=1S/C28H31N5O3S/c1-20-8-14-24(15-9-20)37(34,35)33-18-16-32(17-19-33)21(2)27-30-26-7-5-4-6-25(26)28(31-27)29-22-10-12-23(36-3)13-11-22/h4-15,21H,16-19H2,1-3H3,(H,29,30,31)/t21-/m0/s1. The van der Waals surface area contributed by atoms with Crippen molar-refractivity contribution in [2.24, 2.45) is 0 Å². The van der Waals surface area contributed by atoms with Gasteiger partial charge in [0, 0.05) is 37.3 Å². The number of hydrogen-bond donors (Lipinski definition) is 1. The zero-order valence-electron chi connectivity index (χ0n) is 21.3. The van der Waals surface area contributed by atoms with Crippen molar-refractivity contribution in [1.82, 2.24) is 19.2 Å². The maximum atomic E-state index is 13.1. The van der Waals surface area contributed by atoms with Gasteiger partial charge in [-0.2, -0.15) is 4.31 Å². The number of nitrogens with zero attached hydrogens (tertiary/aromatic N) is 4. The molecule has 1 aliphatic heterocycles. The van der Waals surface area contributed by atoms with Gasteiger partial charge in [-0.15, -0.1) is 0 Å². The van der Waals surface area contributed by atoms with Gasteiger partial charge in [0.2, 0.25) is 10.0 Å². The summed E-state index contributed by atoms with van der Waals surface area (Å²) in [5, 5.41) is 4.37. The van der Waals surface area contributed by atoms with Crippen LogP contribution in [0.2, 0.25) is 0 Å². The van der Waals surface area contributed by atoms with Crippen molar-refractivity contribution in [1.29, 1.82) is 0 Å². The average Bonchev–Trinajstić information content (AvgIpc) is 2.93. The van der Waals surface area contributed by atoms with E-state index in [2.05, 4.69) is 17.1 Å². The van der Waals surface area contributed by atoms with E-state index in [4.69, 9.17) is 14.7 Å².